The number of carboxylic acid groups (broad SMARTS) is 1. The van der Waals surface area contributed by atoms with Gasteiger partial charge >= 0.3 is 5.97 Å². The van der Waals surface area contributed by atoms with Crippen molar-refractivity contribution in [2.75, 3.05) is 0 Å². The van der Waals surface area contributed by atoms with Crippen LogP contribution in [0.25, 0.3) is 0 Å². The highest BCUT2D eigenvalue weighted by atomic mass is 16.4. The lowest BCUT2D eigenvalue weighted by Crippen LogP contribution is -2.60. The van der Waals surface area contributed by atoms with E-state index in [1.807, 2.05) is 37.3 Å². The summed E-state index contributed by atoms with van der Waals surface area (Å²) in [5.74, 6) is -3.55. The normalized spacial score (nSPS) is 15.7. The number of rotatable bonds is 13. The van der Waals surface area contributed by atoms with Gasteiger partial charge in [-0.1, -0.05) is 78.3 Å². The first-order valence-electron chi connectivity index (χ1n) is 11.8. The van der Waals surface area contributed by atoms with E-state index in [9.17, 15) is 24.3 Å². The van der Waals surface area contributed by atoms with Crippen molar-refractivity contribution in [3.63, 3.8) is 0 Å². The molecule has 5 atom stereocenters. The Kier molecular flexibility index (Phi) is 11.7. The Balaban J connectivity index is 2.90. The standard InChI is InChI=1S/C25H40N4O5/c1-7-16(6)21(25(33)34)29-24(32)20(15(4)5)28-23(31)19(14(2)3)27-22(30)18(26)13-17-11-9-8-10-12-17/h8-12,14-16,18-21H,7,13,26H2,1-6H3,(H,27,30)(H,28,31)(H,29,32)(H,33,34). The lowest BCUT2D eigenvalue weighted by atomic mass is 9.96. The van der Waals surface area contributed by atoms with Crippen molar-refractivity contribution in [2.24, 2.45) is 23.5 Å². The molecule has 1 aromatic rings. The van der Waals surface area contributed by atoms with Crippen LogP contribution in [-0.4, -0.2) is 53.0 Å². The smallest absolute Gasteiger partial charge is 0.326 e. The quantitative estimate of drug-likeness (QED) is 0.291. The number of aliphatic carboxylic acids is 1. The van der Waals surface area contributed by atoms with E-state index in [1.165, 1.54) is 0 Å². The van der Waals surface area contributed by atoms with Crippen LogP contribution in [0.5, 0.6) is 0 Å². The Bertz CT molecular complexity index is 828. The minimum Gasteiger partial charge on any atom is -0.480 e. The molecule has 5 unspecified atom stereocenters. The first kappa shape index (κ1) is 29.1. The molecule has 190 valence electrons. The number of hydrogen-bond acceptors (Lipinski definition) is 5. The van der Waals surface area contributed by atoms with Crippen molar-refractivity contribution in [2.45, 2.75) is 78.6 Å². The molecule has 0 aliphatic carbocycles. The highest BCUT2D eigenvalue weighted by molar-refractivity contribution is 5.94. The molecule has 1 rings (SSSR count). The summed E-state index contributed by atoms with van der Waals surface area (Å²) in [4.78, 5) is 50.2. The van der Waals surface area contributed by atoms with Gasteiger partial charge in [-0.2, -0.15) is 0 Å². The third-order valence-electron chi connectivity index (χ3n) is 5.91. The SMILES string of the molecule is CCC(C)C(NC(=O)C(NC(=O)C(NC(=O)C(N)Cc1ccccc1)C(C)C)C(C)C)C(=O)O. The summed E-state index contributed by atoms with van der Waals surface area (Å²) in [6.45, 7) is 10.6. The molecule has 0 aromatic heterocycles. The highest BCUT2D eigenvalue weighted by Crippen LogP contribution is 2.11. The van der Waals surface area contributed by atoms with Crippen molar-refractivity contribution >= 4 is 23.7 Å². The van der Waals surface area contributed by atoms with E-state index in [0.717, 1.165) is 5.56 Å². The van der Waals surface area contributed by atoms with Gasteiger partial charge in [-0.05, 0) is 29.7 Å². The molecule has 34 heavy (non-hydrogen) atoms. The zero-order valence-corrected chi connectivity index (χ0v) is 21.0. The topological polar surface area (TPSA) is 151 Å². The largest absolute Gasteiger partial charge is 0.480 e. The second-order valence-electron chi connectivity index (χ2n) is 9.47. The van der Waals surface area contributed by atoms with Crippen LogP contribution in [0.3, 0.4) is 0 Å². The van der Waals surface area contributed by atoms with Crippen molar-refractivity contribution in [3.05, 3.63) is 35.9 Å². The molecule has 0 saturated carbocycles. The maximum atomic E-state index is 13.1. The Morgan fingerprint density at radius 1 is 0.794 bits per heavy atom. The van der Waals surface area contributed by atoms with Crippen molar-refractivity contribution in [1.29, 1.82) is 0 Å². The number of carbonyl (C=O) groups excluding carboxylic acids is 3. The van der Waals surface area contributed by atoms with E-state index in [1.54, 1.807) is 34.6 Å². The Labute approximate surface area is 202 Å². The van der Waals surface area contributed by atoms with Gasteiger partial charge < -0.3 is 26.8 Å². The van der Waals surface area contributed by atoms with E-state index in [2.05, 4.69) is 16.0 Å². The minimum atomic E-state index is -1.13. The van der Waals surface area contributed by atoms with E-state index in [0.29, 0.717) is 12.8 Å². The summed E-state index contributed by atoms with van der Waals surface area (Å²) >= 11 is 0. The second kappa shape index (κ2) is 13.7. The van der Waals surface area contributed by atoms with Gasteiger partial charge in [0.05, 0.1) is 6.04 Å². The molecule has 0 saturated heterocycles. The van der Waals surface area contributed by atoms with Crippen LogP contribution >= 0.6 is 0 Å². The number of nitrogens with two attached hydrogens (primary N) is 1. The fraction of sp³-hybridized carbons (Fsp3) is 0.600. The maximum absolute atomic E-state index is 13.1. The summed E-state index contributed by atoms with van der Waals surface area (Å²) in [6.07, 6.45) is 0.892. The average molecular weight is 477 g/mol. The zero-order chi connectivity index (χ0) is 26.0. The van der Waals surface area contributed by atoms with Crippen LogP contribution in [0.15, 0.2) is 30.3 Å². The second-order valence-corrected chi connectivity index (χ2v) is 9.47. The number of carboxylic acids is 1. The van der Waals surface area contributed by atoms with Crippen LogP contribution in [0.2, 0.25) is 0 Å². The summed E-state index contributed by atoms with van der Waals surface area (Å²) in [5, 5.41) is 17.4. The molecule has 0 aliphatic rings. The molecule has 0 aliphatic heterocycles. The van der Waals surface area contributed by atoms with Gasteiger partial charge in [-0.3, -0.25) is 14.4 Å². The average Bonchev–Trinajstić information content (AvgIpc) is 2.78. The summed E-state index contributed by atoms with van der Waals surface area (Å²) in [6, 6.07) is 5.55. The molecule has 3 amide bonds. The predicted molar refractivity (Wildman–Crippen MR) is 131 cm³/mol. The van der Waals surface area contributed by atoms with Crippen molar-refractivity contribution in [3.8, 4) is 0 Å². The zero-order valence-electron chi connectivity index (χ0n) is 21.0. The van der Waals surface area contributed by atoms with E-state index < -0.39 is 47.9 Å². The Hall–Kier alpha value is -2.94. The molecule has 0 bridgehead atoms. The number of amides is 3. The Morgan fingerprint density at radius 2 is 1.24 bits per heavy atom. The molecular formula is C25H40N4O5. The number of nitrogens with one attached hydrogen (secondary N) is 3. The fourth-order valence-electron chi connectivity index (χ4n) is 3.46. The molecule has 0 heterocycles. The van der Waals surface area contributed by atoms with Crippen LogP contribution in [0, 0.1) is 17.8 Å². The van der Waals surface area contributed by atoms with E-state index in [-0.39, 0.29) is 17.8 Å². The lowest BCUT2D eigenvalue weighted by Gasteiger charge is -2.29. The van der Waals surface area contributed by atoms with Gasteiger partial charge in [0.1, 0.15) is 18.1 Å². The van der Waals surface area contributed by atoms with Crippen LogP contribution in [-0.2, 0) is 25.6 Å². The third-order valence-corrected chi connectivity index (χ3v) is 5.91. The first-order chi connectivity index (χ1) is 15.9. The molecule has 9 nitrogen and oxygen atoms in total. The number of benzene rings is 1. The maximum Gasteiger partial charge on any atom is 0.326 e. The molecule has 0 spiro atoms. The number of hydrogen-bond donors (Lipinski definition) is 5. The Morgan fingerprint density at radius 3 is 1.65 bits per heavy atom. The van der Waals surface area contributed by atoms with Crippen LogP contribution < -0.4 is 21.7 Å². The van der Waals surface area contributed by atoms with Crippen molar-refractivity contribution < 1.29 is 24.3 Å². The minimum absolute atomic E-state index is 0.268. The molecule has 0 fully saturated rings. The summed E-state index contributed by atoms with van der Waals surface area (Å²) < 4.78 is 0. The molecule has 1 aromatic carbocycles. The van der Waals surface area contributed by atoms with Gasteiger partial charge in [-0.15, -0.1) is 0 Å². The molecule has 9 heteroatoms. The van der Waals surface area contributed by atoms with Crippen LogP contribution in [0.1, 0.15) is 53.5 Å². The van der Waals surface area contributed by atoms with E-state index >= 15 is 0 Å². The van der Waals surface area contributed by atoms with E-state index in [4.69, 9.17) is 5.73 Å². The third kappa shape index (κ3) is 8.78. The molecule has 6 N–H and O–H groups in total. The van der Waals surface area contributed by atoms with Gasteiger partial charge in [0.2, 0.25) is 17.7 Å². The summed E-state index contributed by atoms with van der Waals surface area (Å²) in [7, 11) is 0. The van der Waals surface area contributed by atoms with Crippen molar-refractivity contribution in [1.82, 2.24) is 16.0 Å². The van der Waals surface area contributed by atoms with Gasteiger partial charge in [0.25, 0.3) is 0 Å². The summed E-state index contributed by atoms with van der Waals surface area (Å²) in [5.41, 5.74) is 6.96. The van der Waals surface area contributed by atoms with Gasteiger partial charge in [0.15, 0.2) is 0 Å². The van der Waals surface area contributed by atoms with Crippen LogP contribution in [0.4, 0.5) is 0 Å². The van der Waals surface area contributed by atoms with Gasteiger partial charge in [-0.25, -0.2) is 4.79 Å². The number of carbonyl (C=O) groups is 4. The molecule has 0 radical (unpaired) electrons. The monoisotopic (exact) mass is 476 g/mol. The first-order valence-corrected chi connectivity index (χ1v) is 11.8. The highest BCUT2D eigenvalue weighted by Gasteiger charge is 2.34. The lowest BCUT2D eigenvalue weighted by molar-refractivity contribution is -0.144. The molecular weight excluding hydrogens is 436 g/mol. The predicted octanol–water partition coefficient (Wildman–Crippen LogP) is 1.45. The van der Waals surface area contributed by atoms with Gasteiger partial charge in [0, 0.05) is 0 Å². The fourth-order valence-corrected chi connectivity index (χ4v) is 3.46.